The van der Waals surface area contributed by atoms with Gasteiger partial charge in [0.1, 0.15) is 0 Å². The number of hydrogen-bond donors (Lipinski definition) is 1. The average molecular weight is 307 g/mol. The van der Waals surface area contributed by atoms with E-state index in [-0.39, 0.29) is 0 Å². The van der Waals surface area contributed by atoms with Crippen molar-refractivity contribution in [2.24, 2.45) is 5.92 Å². The summed E-state index contributed by atoms with van der Waals surface area (Å²) in [6.45, 7) is 8.61. The number of halogens is 1. The Morgan fingerprint density at radius 3 is 2.71 bits per heavy atom. The van der Waals surface area contributed by atoms with Crippen molar-refractivity contribution in [3.63, 3.8) is 0 Å². The summed E-state index contributed by atoms with van der Waals surface area (Å²) in [4.78, 5) is 0. The van der Waals surface area contributed by atoms with Crippen LogP contribution in [0.15, 0.2) is 12.4 Å². The number of nitrogens with zero attached hydrogens (tertiary/aromatic N) is 2. The third-order valence-corrected chi connectivity index (χ3v) is 2.97. The molecule has 0 saturated carbocycles. The van der Waals surface area contributed by atoms with Crippen molar-refractivity contribution in [2.75, 3.05) is 6.54 Å². The van der Waals surface area contributed by atoms with Gasteiger partial charge in [0, 0.05) is 18.8 Å². The number of rotatable bonds is 5. The highest BCUT2D eigenvalue weighted by Crippen LogP contribution is 2.01. The zero-order valence-corrected chi connectivity index (χ0v) is 11.2. The van der Waals surface area contributed by atoms with Crippen molar-refractivity contribution >= 4 is 22.6 Å². The first-order valence-electron chi connectivity index (χ1n) is 5.01. The van der Waals surface area contributed by atoms with Gasteiger partial charge in [0.25, 0.3) is 0 Å². The Balaban J connectivity index is 2.22. The second-order valence-corrected chi connectivity index (χ2v) is 5.15. The van der Waals surface area contributed by atoms with Gasteiger partial charge in [0.05, 0.1) is 16.3 Å². The van der Waals surface area contributed by atoms with Crippen molar-refractivity contribution in [1.82, 2.24) is 15.1 Å². The van der Waals surface area contributed by atoms with E-state index in [1.807, 2.05) is 10.9 Å². The van der Waals surface area contributed by atoms with Gasteiger partial charge in [0.2, 0.25) is 0 Å². The van der Waals surface area contributed by atoms with E-state index in [4.69, 9.17) is 0 Å². The molecule has 0 radical (unpaired) electrons. The fourth-order valence-corrected chi connectivity index (χ4v) is 1.55. The first-order chi connectivity index (χ1) is 6.59. The van der Waals surface area contributed by atoms with Gasteiger partial charge in [-0.25, -0.2) is 0 Å². The summed E-state index contributed by atoms with van der Waals surface area (Å²) in [6, 6.07) is 0.574. The predicted octanol–water partition coefficient (Wildman–Crippen LogP) is 2.12. The van der Waals surface area contributed by atoms with E-state index >= 15 is 0 Å². The van der Waals surface area contributed by atoms with Crippen LogP contribution in [0.25, 0.3) is 0 Å². The first kappa shape index (κ1) is 12.0. The summed E-state index contributed by atoms with van der Waals surface area (Å²) in [7, 11) is 0. The quantitative estimate of drug-likeness (QED) is 0.845. The molecule has 0 aliphatic rings. The lowest BCUT2D eigenvalue weighted by molar-refractivity contribution is 0.410. The number of aromatic nitrogens is 2. The minimum atomic E-state index is 0.574. The lowest BCUT2D eigenvalue weighted by Gasteiger charge is -2.17. The Morgan fingerprint density at radius 2 is 2.21 bits per heavy atom. The molecular weight excluding hydrogens is 289 g/mol. The van der Waals surface area contributed by atoms with Gasteiger partial charge in [0.15, 0.2) is 0 Å². The smallest absolute Gasteiger partial charge is 0.0623 e. The van der Waals surface area contributed by atoms with Gasteiger partial charge in [-0.05, 0) is 35.4 Å². The largest absolute Gasteiger partial charge is 0.312 e. The SMILES string of the molecule is CC(C)C(C)NCCn1cc(I)cn1. The molecule has 0 aromatic carbocycles. The summed E-state index contributed by atoms with van der Waals surface area (Å²) in [5.74, 6) is 0.688. The van der Waals surface area contributed by atoms with E-state index in [1.54, 1.807) is 0 Å². The van der Waals surface area contributed by atoms with Crippen LogP contribution >= 0.6 is 22.6 Å². The molecule has 14 heavy (non-hydrogen) atoms. The third-order valence-electron chi connectivity index (χ3n) is 2.41. The van der Waals surface area contributed by atoms with Crippen LogP contribution in [0.2, 0.25) is 0 Å². The Morgan fingerprint density at radius 1 is 1.50 bits per heavy atom. The monoisotopic (exact) mass is 307 g/mol. The summed E-state index contributed by atoms with van der Waals surface area (Å²) >= 11 is 2.27. The van der Waals surface area contributed by atoms with Gasteiger partial charge in [-0.2, -0.15) is 5.10 Å². The third kappa shape index (κ3) is 3.96. The van der Waals surface area contributed by atoms with Gasteiger partial charge in [-0.15, -0.1) is 0 Å². The van der Waals surface area contributed by atoms with E-state index in [1.165, 1.54) is 3.57 Å². The highest BCUT2D eigenvalue weighted by molar-refractivity contribution is 14.1. The average Bonchev–Trinajstić information content (AvgIpc) is 2.51. The molecule has 4 heteroatoms. The highest BCUT2D eigenvalue weighted by Gasteiger charge is 2.05. The molecule has 3 nitrogen and oxygen atoms in total. The van der Waals surface area contributed by atoms with E-state index in [2.05, 4.69) is 60.0 Å². The fourth-order valence-electron chi connectivity index (χ4n) is 1.10. The molecule has 1 unspecified atom stereocenters. The van der Waals surface area contributed by atoms with Crippen molar-refractivity contribution in [3.8, 4) is 0 Å². The molecule has 1 atom stereocenters. The molecule has 1 N–H and O–H groups in total. The maximum Gasteiger partial charge on any atom is 0.0623 e. The molecule has 0 amide bonds. The van der Waals surface area contributed by atoms with Crippen LogP contribution in [0, 0.1) is 9.49 Å². The predicted molar refractivity (Wildman–Crippen MR) is 67.2 cm³/mol. The van der Waals surface area contributed by atoms with Crippen molar-refractivity contribution in [2.45, 2.75) is 33.4 Å². The summed E-state index contributed by atoms with van der Waals surface area (Å²) in [5.41, 5.74) is 0. The molecular formula is C10H18IN3. The highest BCUT2D eigenvalue weighted by atomic mass is 127. The van der Waals surface area contributed by atoms with E-state index < -0.39 is 0 Å². The minimum absolute atomic E-state index is 0.574. The summed E-state index contributed by atoms with van der Waals surface area (Å²) in [5, 5.41) is 7.70. The zero-order valence-electron chi connectivity index (χ0n) is 9.00. The van der Waals surface area contributed by atoms with Gasteiger partial charge in [-0.1, -0.05) is 13.8 Å². The Bertz CT molecular complexity index is 270. The molecule has 80 valence electrons. The van der Waals surface area contributed by atoms with Crippen LogP contribution in [0.1, 0.15) is 20.8 Å². The normalized spacial score (nSPS) is 13.5. The van der Waals surface area contributed by atoms with Crippen LogP contribution in [0.3, 0.4) is 0 Å². The second-order valence-electron chi connectivity index (χ2n) is 3.91. The van der Waals surface area contributed by atoms with Crippen LogP contribution in [0.4, 0.5) is 0 Å². The molecule has 0 aliphatic carbocycles. The van der Waals surface area contributed by atoms with E-state index in [0.29, 0.717) is 12.0 Å². The van der Waals surface area contributed by atoms with E-state index in [9.17, 15) is 0 Å². The van der Waals surface area contributed by atoms with Crippen LogP contribution in [-0.2, 0) is 6.54 Å². The molecule has 0 bridgehead atoms. The van der Waals surface area contributed by atoms with Gasteiger partial charge < -0.3 is 5.32 Å². The maximum absolute atomic E-state index is 4.23. The topological polar surface area (TPSA) is 29.9 Å². The molecule has 1 aromatic heterocycles. The summed E-state index contributed by atoms with van der Waals surface area (Å²) in [6.07, 6.45) is 3.94. The Hall–Kier alpha value is -0.100. The fraction of sp³-hybridized carbons (Fsp3) is 0.700. The molecule has 0 aliphatic heterocycles. The molecule has 1 rings (SSSR count). The van der Waals surface area contributed by atoms with Crippen LogP contribution in [0.5, 0.6) is 0 Å². The van der Waals surface area contributed by atoms with Crippen molar-refractivity contribution < 1.29 is 0 Å². The molecule has 0 fully saturated rings. The molecule has 0 spiro atoms. The number of hydrogen-bond acceptors (Lipinski definition) is 2. The van der Waals surface area contributed by atoms with Crippen molar-refractivity contribution in [1.29, 1.82) is 0 Å². The van der Waals surface area contributed by atoms with E-state index in [0.717, 1.165) is 13.1 Å². The Labute approximate surface area is 99.4 Å². The lowest BCUT2D eigenvalue weighted by atomic mass is 10.1. The Kier molecular flexibility index (Phi) is 4.88. The molecule has 0 saturated heterocycles. The first-order valence-corrected chi connectivity index (χ1v) is 6.09. The van der Waals surface area contributed by atoms with Crippen LogP contribution in [-0.4, -0.2) is 22.4 Å². The van der Waals surface area contributed by atoms with Crippen molar-refractivity contribution in [3.05, 3.63) is 16.0 Å². The molecule has 1 aromatic rings. The van der Waals surface area contributed by atoms with Gasteiger partial charge >= 0.3 is 0 Å². The van der Waals surface area contributed by atoms with Gasteiger partial charge in [-0.3, -0.25) is 4.68 Å². The minimum Gasteiger partial charge on any atom is -0.312 e. The zero-order chi connectivity index (χ0) is 10.6. The standard InChI is InChI=1S/C10H18IN3/c1-8(2)9(3)12-4-5-14-7-10(11)6-13-14/h6-9,12H,4-5H2,1-3H3. The lowest BCUT2D eigenvalue weighted by Crippen LogP contribution is -2.33. The summed E-state index contributed by atoms with van der Waals surface area (Å²) < 4.78 is 3.17. The maximum atomic E-state index is 4.23. The second kappa shape index (κ2) is 5.70. The number of nitrogens with one attached hydrogen (secondary N) is 1. The molecule has 1 heterocycles. The van der Waals surface area contributed by atoms with Crippen LogP contribution < -0.4 is 5.32 Å².